The summed E-state index contributed by atoms with van der Waals surface area (Å²) in [7, 11) is 0. The van der Waals surface area contributed by atoms with Crippen molar-refractivity contribution in [3.63, 3.8) is 0 Å². The second-order valence-electron chi connectivity index (χ2n) is 4.81. The summed E-state index contributed by atoms with van der Waals surface area (Å²) in [5, 5.41) is 8.76. The van der Waals surface area contributed by atoms with Crippen molar-refractivity contribution in [3.05, 3.63) is 60.7 Å². The molecule has 0 unspecified atom stereocenters. The van der Waals surface area contributed by atoms with Crippen molar-refractivity contribution in [1.82, 2.24) is 5.16 Å². The van der Waals surface area contributed by atoms with Crippen LogP contribution >= 0.6 is 0 Å². The van der Waals surface area contributed by atoms with Crippen molar-refractivity contribution in [3.8, 4) is 11.3 Å². The maximum absolute atomic E-state index is 5.67. The molecule has 20 heavy (non-hydrogen) atoms. The third-order valence-corrected chi connectivity index (χ3v) is 3.56. The Morgan fingerprint density at radius 2 is 1.40 bits per heavy atom. The molecule has 1 aromatic heterocycles. The highest BCUT2D eigenvalue weighted by Crippen LogP contribution is 2.36. The summed E-state index contributed by atoms with van der Waals surface area (Å²) >= 11 is 0. The van der Waals surface area contributed by atoms with Crippen LogP contribution < -0.4 is 5.73 Å². The van der Waals surface area contributed by atoms with E-state index >= 15 is 0 Å². The lowest BCUT2D eigenvalue weighted by atomic mass is 9.95. The van der Waals surface area contributed by atoms with Crippen molar-refractivity contribution in [1.29, 1.82) is 0 Å². The molecule has 0 fully saturated rings. The van der Waals surface area contributed by atoms with Crippen LogP contribution in [0, 0.1) is 0 Å². The molecule has 3 nitrogen and oxygen atoms in total. The molecule has 1 heterocycles. The molecule has 0 aliphatic carbocycles. The topological polar surface area (TPSA) is 52.0 Å². The summed E-state index contributed by atoms with van der Waals surface area (Å²) in [6.07, 6.45) is 0. The van der Waals surface area contributed by atoms with E-state index in [2.05, 4.69) is 35.5 Å². The molecule has 0 bridgehead atoms. The van der Waals surface area contributed by atoms with Crippen LogP contribution in [0.4, 0.5) is 5.88 Å². The number of nitrogens with zero attached hydrogens (tertiary/aromatic N) is 1. The average Bonchev–Trinajstić information content (AvgIpc) is 2.91. The van der Waals surface area contributed by atoms with Crippen molar-refractivity contribution < 1.29 is 4.52 Å². The fourth-order valence-corrected chi connectivity index (χ4v) is 2.70. The largest absolute Gasteiger partial charge is 0.368 e. The van der Waals surface area contributed by atoms with Crippen LogP contribution in [-0.4, -0.2) is 5.16 Å². The summed E-state index contributed by atoms with van der Waals surface area (Å²) in [5.41, 5.74) is 7.52. The third-order valence-electron chi connectivity index (χ3n) is 3.56. The van der Waals surface area contributed by atoms with Gasteiger partial charge in [-0.1, -0.05) is 53.7 Å². The molecule has 0 saturated carbocycles. The van der Waals surface area contributed by atoms with Crippen LogP contribution in [0.1, 0.15) is 0 Å². The van der Waals surface area contributed by atoms with Gasteiger partial charge in [0.1, 0.15) is 5.69 Å². The summed E-state index contributed by atoms with van der Waals surface area (Å²) in [6.45, 7) is 0. The van der Waals surface area contributed by atoms with E-state index in [9.17, 15) is 0 Å². The molecule has 0 amide bonds. The van der Waals surface area contributed by atoms with Gasteiger partial charge in [0.2, 0.25) is 5.88 Å². The zero-order valence-corrected chi connectivity index (χ0v) is 10.7. The summed E-state index contributed by atoms with van der Waals surface area (Å²) < 4.78 is 5.04. The van der Waals surface area contributed by atoms with Gasteiger partial charge in [-0.2, -0.15) is 0 Å². The zero-order valence-electron chi connectivity index (χ0n) is 10.7. The lowest BCUT2D eigenvalue weighted by Crippen LogP contribution is -1.85. The van der Waals surface area contributed by atoms with Gasteiger partial charge in [0, 0.05) is 11.6 Å². The quantitative estimate of drug-likeness (QED) is 0.521. The predicted octanol–water partition coefficient (Wildman–Crippen LogP) is 4.23. The number of anilines is 1. The minimum Gasteiger partial charge on any atom is -0.368 e. The van der Waals surface area contributed by atoms with E-state index < -0.39 is 0 Å². The van der Waals surface area contributed by atoms with E-state index in [1.165, 1.54) is 10.8 Å². The Morgan fingerprint density at radius 3 is 1.95 bits per heavy atom. The summed E-state index contributed by atoms with van der Waals surface area (Å²) in [6, 6.07) is 20.5. The molecule has 2 N–H and O–H groups in total. The maximum Gasteiger partial charge on any atom is 0.222 e. The van der Waals surface area contributed by atoms with Crippen molar-refractivity contribution >= 4 is 27.4 Å². The van der Waals surface area contributed by atoms with Crippen LogP contribution in [0.5, 0.6) is 0 Å². The fraction of sp³-hybridized carbons (Fsp3) is 0. The first-order chi connectivity index (χ1) is 9.83. The Hall–Kier alpha value is -2.81. The zero-order chi connectivity index (χ0) is 13.5. The molecular formula is C17H12N2O. The number of aromatic nitrogens is 1. The first-order valence-corrected chi connectivity index (χ1v) is 6.46. The number of fused-ring (bicyclic) bond motifs is 2. The second-order valence-corrected chi connectivity index (χ2v) is 4.81. The molecule has 0 radical (unpaired) electrons. The Morgan fingerprint density at radius 1 is 0.800 bits per heavy atom. The number of rotatable bonds is 1. The van der Waals surface area contributed by atoms with Gasteiger partial charge in [-0.15, -0.1) is 0 Å². The SMILES string of the molecule is Nc1cc(-c2c3ccccc3cc3ccccc23)no1. The van der Waals surface area contributed by atoms with Gasteiger partial charge in [-0.25, -0.2) is 0 Å². The van der Waals surface area contributed by atoms with E-state index in [1.807, 2.05) is 24.3 Å². The van der Waals surface area contributed by atoms with Gasteiger partial charge in [-0.05, 0) is 27.6 Å². The third kappa shape index (κ3) is 1.57. The Labute approximate surface area is 115 Å². The molecule has 0 saturated heterocycles. The monoisotopic (exact) mass is 260 g/mol. The van der Waals surface area contributed by atoms with E-state index in [4.69, 9.17) is 10.3 Å². The fourth-order valence-electron chi connectivity index (χ4n) is 2.70. The summed E-state index contributed by atoms with van der Waals surface area (Å²) in [4.78, 5) is 0. The number of benzene rings is 3. The summed E-state index contributed by atoms with van der Waals surface area (Å²) in [5.74, 6) is 0.331. The highest BCUT2D eigenvalue weighted by atomic mass is 16.5. The first kappa shape index (κ1) is 11.1. The van der Waals surface area contributed by atoms with E-state index in [0.717, 1.165) is 22.0 Å². The van der Waals surface area contributed by atoms with Crippen molar-refractivity contribution in [2.45, 2.75) is 0 Å². The van der Waals surface area contributed by atoms with Crippen molar-refractivity contribution in [2.24, 2.45) is 0 Å². The van der Waals surface area contributed by atoms with Crippen LogP contribution in [-0.2, 0) is 0 Å². The van der Waals surface area contributed by atoms with Crippen molar-refractivity contribution in [2.75, 3.05) is 5.73 Å². The molecular weight excluding hydrogens is 248 g/mol. The smallest absolute Gasteiger partial charge is 0.222 e. The van der Waals surface area contributed by atoms with Gasteiger partial charge < -0.3 is 10.3 Å². The average molecular weight is 260 g/mol. The van der Waals surface area contributed by atoms with Crippen LogP contribution in [0.15, 0.2) is 65.2 Å². The molecule has 0 aliphatic rings. The molecule has 0 spiro atoms. The van der Waals surface area contributed by atoms with Gasteiger partial charge >= 0.3 is 0 Å². The van der Waals surface area contributed by atoms with E-state index in [-0.39, 0.29) is 0 Å². The molecule has 0 atom stereocenters. The van der Waals surface area contributed by atoms with Gasteiger partial charge in [-0.3, -0.25) is 0 Å². The van der Waals surface area contributed by atoms with Crippen LogP contribution in [0.2, 0.25) is 0 Å². The highest BCUT2D eigenvalue weighted by molar-refractivity contribution is 6.12. The van der Waals surface area contributed by atoms with Gasteiger partial charge in [0.15, 0.2) is 0 Å². The van der Waals surface area contributed by atoms with Gasteiger partial charge in [0.25, 0.3) is 0 Å². The highest BCUT2D eigenvalue weighted by Gasteiger charge is 2.12. The first-order valence-electron chi connectivity index (χ1n) is 6.46. The molecule has 3 heteroatoms. The lowest BCUT2D eigenvalue weighted by molar-refractivity contribution is 0.439. The second kappa shape index (κ2) is 4.10. The van der Waals surface area contributed by atoms with Gasteiger partial charge in [0.05, 0.1) is 0 Å². The maximum atomic E-state index is 5.67. The predicted molar refractivity (Wildman–Crippen MR) is 81.4 cm³/mol. The number of hydrogen-bond acceptors (Lipinski definition) is 3. The lowest BCUT2D eigenvalue weighted by Gasteiger charge is -2.08. The number of nitrogens with two attached hydrogens (primary N) is 1. The molecule has 0 aliphatic heterocycles. The Kier molecular flexibility index (Phi) is 2.27. The van der Waals surface area contributed by atoms with E-state index in [0.29, 0.717) is 5.88 Å². The number of hydrogen-bond donors (Lipinski definition) is 1. The molecule has 96 valence electrons. The molecule has 3 aromatic carbocycles. The molecule has 4 aromatic rings. The molecule has 4 rings (SSSR count). The van der Waals surface area contributed by atoms with Crippen LogP contribution in [0.3, 0.4) is 0 Å². The Balaban J connectivity index is 2.23. The number of nitrogen functional groups attached to an aromatic ring is 1. The standard InChI is InChI=1S/C17H12N2O/c18-16-10-15(19-20-16)17-13-7-3-1-5-11(13)9-12-6-2-4-8-14(12)17/h1-10H,18H2. The normalized spacial score (nSPS) is 11.2. The minimum atomic E-state index is 0.331. The minimum absolute atomic E-state index is 0.331. The van der Waals surface area contributed by atoms with Crippen LogP contribution in [0.25, 0.3) is 32.8 Å². The van der Waals surface area contributed by atoms with E-state index in [1.54, 1.807) is 6.07 Å². The Bertz CT molecular complexity index is 870.